The topological polar surface area (TPSA) is 47.6 Å². The number of hydrogen-bond donors (Lipinski definition) is 1. The Kier molecular flexibility index (Phi) is 3.13. The Labute approximate surface area is 115 Å². The first-order chi connectivity index (χ1) is 9.24. The van der Waals surface area contributed by atoms with Crippen molar-refractivity contribution in [3.8, 4) is 11.5 Å². The Morgan fingerprint density at radius 1 is 1.32 bits per heavy atom. The number of thiophene rings is 1. The molecule has 1 aromatic heterocycles. The number of amides is 1. The van der Waals surface area contributed by atoms with E-state index < -0.39 is 0 Å². The summed E-state index contributed by atoms with van der Waals surface area (Å²) in [5.74, 6) is 1.19. The molecule has 2 heterocycles. The minimum Gasteiger partial charge on any atom is -0.454 e. The van der Waals surface area contributed by atoms with Crippen LogP contribution in [0.15, 0.2) is 35.7 Å². The largest absolute Gasteiger partial charge is 0.454 e. The maximum atomic E-state index is 12.1. The van der Waals surface area contributed by atoms with Crippen LogP contribution in [0.1, 0.15) is 28.2 Å². The first kappa shape index (κ1) is 12.0. The number of ether oxygens (including phenoxy) is 2. The van der Waals surface area contributed by atoms with Crippen LogP contribution in [-0.4, -0.2) is 12.7 Å². The van der Waals surface area contributed by atoms with Crippen LogP contribution in [-0.2, 0) is 0 Å². The van der Waals surface area contributed by atoms with Crippen molar-refractivity contribution in [3.05, 3.63) is 46.2 Å². The maximum Gasteiger partial charge on any atom is 0.251 e. The third-order valence-corrected chi connectivity index (χ3v) is 4.01. The van der Waals surface area contributed by atoms with Gasteiger partial charge >= 0.3 is 0 Å². The molecular formula is C14H13NO3S. The number of carbonyl (C=O) groups is 1. The molecule has 0 bridgehead atoms. The monoisotopic (exact) mass is 275 g/mol. The van der Waals surface area contributed by atoms with Crippen molar-refractivity contribution in [2.24, 2.45) is 0 Å². The van der Waals surface area contributed by atoms with E-state index in [9.17, 15) is 4.79 Å². The lowest BCUT2D eigenvalue weighted by Gasteiger charge is -2.12. The normalized spacial score (nSPS) is 14.2. The van der Waals surface area contributed by atoms with E-state index in [1.54, 1.807) is 29.5 Å². The molecule has 1 aromatic carbocycles. The Bertz CT molecular complexity index is 595. The third-order valence-electron chi connectivity index (χ3n) is 2.95. The van der Waals surface area contributed by atoms with Crippen molar-refractivity contribution in [1.29, 1.82) is 0 Å². The van der Waals surface area contributed by atoms with E-state index in [0.29, 0.717) is 17.1 Å². The van der Waals surface area contributed by atoms with Gasteiger partial charge in [0.05, 0.1) is 6.04 Å². The molecule has 0 spiro atoms. The van der Waals surface area contributed by atoms with Gasteiger partial charge in [-0.05, 0) is 36.6 Å². The molecule has 2 aromatic rings. The van der Waals surface area contributed by atoms with Crippen molar-refractivity contribution >= 4 is 17.2 Å². The van der Waals surface area contributed by atoms with Crippen LogP contribution in [0.5, 0.6) is 11.5 Å². The number of fused-ring (bicyclic) bond motifs is 1. The molecule has 1 aliphatic rings. The zero-order valence-corrected chi connectivity index (χ0v) is 11.2. The molecule has 3 rings (SSSR count). The summed E-state index contributed by atoms with van der Waals surface area (Å²) >= 11 is 1.63. The van der Waals surface area contributed by atoms with Gasteiger partial charge in [0, 0.05) is 10.4 Å². The van der Waals surface area contributed by atoms with Gasteiger partial charge < -0.3 is 14.8 Å². The molecule has 1 aliphatic heterocycles. The van der Waals surface area contributed by atoms with Gasteiger partial charge in [-0.1, -0.05) is 6.07 Å². The minimum atomic E-state index is -0.112. The Hall–Kier alpha value is -2.01. The standard InChI is InChI=1S/C14H13NO3S/c1-9(13-3-2-6-19-13)15-14(16)10-4-5-11-12(7-10)18-8-17-11/h2-7,9H,8H2,1H3,(H,15,16). The van der Waals surface area contributed by atoms with Gasteiger partial charge in [0.2, 0.25) is 6.79 Å². The van der Waals surface area contributed by atoms with Gasteiger partial charge in [-0.15, -0.1) is 11.3 Å². The van der Waals surface area contributed by atoms with Crippen molar-refractivity contribution < 1.29 is 14.3 Å². The van der Waals surface area contributed by atoms with E-state index in [2.05, 4.69) is 5.32 Å². The second kappa shape index (κ2) is 4.93. The summed E-state index contributed by atoms with van der Waals surface area (Å²) in [5.41, 5.74) is 0.577. The second-order valence-corrected chi connectivity index (χ2v) is 5.26. The zero-order valence-electron chi connectivity index (χ0n) is 10.4. The molecule has 0 fully saturated rings. The Morgan fingerprint density at radius 2 is 2.16 bits per heavy atom. The molecule has 0 saturated heterocycles. The number of carbonyl (C=O) groups excluding carboxylic acids is 1. The Morgan fingerprint density at radius 3 is 2.95 bits per heavy atom. The molecule has 1 unspecified atom stereocenters. The lowest BCUT2D eigenvalue weighted by molar-refractivity contribution is 0.0940. The molecular weight excluding hydrogens is 262 g/mol. The lowest BCUT2D eigenvalue weighted by atomic mass is 10.1. The molecule has 5 heteroatoms. The molecule has 98 valence electrons. The van der Waals surface area contributed by atoms with Crippen LogP contribution < -0.4 is 14.8 Å². The number of rotatable bonds is 3. The van der Waals surface area contributed by atoms with Gasteiger partial charge in [-0.2, -0.15) is 0 Å². The number of nitrogens with one attached hydrogen (secondary N) is 1. The van der Waals surface area contributed by atoms with Crippen LogP contribution in [0.4, 0.5) is 0 Å². The predicted octanol–water partition coefficient (Wildman–Crippen LogP) is 2.97. The van der Waals surface area contributed by atoms with Gasteiger partial charge in [-0.3, -0.25) is 4.79 Å². The van der Waals surface area contributed by atoms with Crippen molar-refractivity contribution in [3.63, 3.8) is 0 Å². The maximum absolute atomic E-state index is 12.1. The van der Waals surface area contributed by atoms with Crippen molar-refractivity contribution in [1.82, 2.24) is 5.32 Å². The second-order valence-electron chi connectivity index (χ2n) is 4.28. The summed E-state index contributed by atoms with van der Waals surface area (Å²) in [5, 5.41) is 4.96. The van der Waals surface area contributed by atoms with E-state index in [4.69, 9.17) is 9.47 Å². The lowest BCUT2D eigenvalue weighted by Crippen LogP contribution is -2.26. The van der Waals surface area contributed by atoms with E-state index in [1.165, 1.54) is 0 Å². The predicted molar refractivity (Wildman–Crippen MR) is 72.8 cm³/mol. The summed E-state index contributed by atoms with van der Waals surface area (Å²) < 4.78 is 10.5. The third kappa shape index (κ3) is 2.42. The van der Waals surface area contributed by atoms with Crippen molar-refractivity contribution in [2.45, 2.75) is 13.0 Å². The average molecular weight is 275 g/mol. The van der Waals surface area contributed by atoms with E-state index in [-0.39, 0.29) is 18.7 Å². The highest BCUT2D eigenvalue weighted by Crippen LogP contribution is 2.32. The van der Waals surface area contributed by atoms with E-state index in [0.717, 1.165) is 4.88 Å². The van der Waals surface area contributed by atoms with Gasteiger partial charge in [0.1, 0.15) is 0 Å². The molecule has 19 heavy (non-hydrogen) atoms. The summed E-state index contributed by atoms with van der Waals surface area (Å²) in [4.78, 5) is 13.3. The summed E-state index contributed by atoms with van der Waals surface area (Å²) in [6, 6.07) is 9.19. The molecule has 1 amide bonds. The zero-order chi connectivity index (χ0) is 13.2. The van der Waals surface area contributed by atoms with E-state index in [1.807, 2.05) is 24.4 Å². The van der Waals surface area contributed by atoms with Crippen LogP contribution in [0.2, 0.25) is 0 Å². The molecule has 1 N–H and O–H groups in total. The fourth-order valence-corrected chi connectivity index (χ4v) is 2.66. The first-order valence-electron chi connectivity index (χ1n) is 5.98. The molecule has 0 saturated carbocycles. The highest BCUT2D eigenvalue weighted by Gasteiger charge is 2.17. The van der Waals surface area contributed by atoms with Gasteiger partial charge in [-0.25, -0.2) is 0 Å². The first-order valence-corrected chi connectivity index (χ1v) is 6.86. The highest BCUT2D eigenvalue weighted by atomic mass is 32.1. The molecule has 0 radical (unpaired) electrons. The van der Waals surface area contributed by atoms with Crippen LogP contribution in [0.3, 0.4) is 0 Å². The fourth-order valence-electron chi connectivity index (χ4n) is 1.93. The Balaban J connectivity index is 1.74. The molecule has 1 atom stereocenters. The minimum absolute atomic E-state index is 0.00192. The molecule has 0 aliphatic carbocycles. The average Bonchev–Trinajstić information content (AvgIpc) is 3.09. The van der Waals surface area contributed by atoms with Crippen LogP contribution >= 0.6 is 11.3 Å². The van der Waals surface area contributed by atoms with Crippen LogP contribution in [0, 0.1) is 0 Å². The highest BCUT2D eigenvalue weighted by molar-refractivity contribution is 7.10. The SMILES string of the molecule is CC(NC(=O)c1ccc2c(c1)OCO2)c1cccs1. The smallest absolute Gasteiger partial charge is 0.251 e. The molecule has 4 nitrogen and oxygen atoms in total. The quantitative estimate of drug-likeness (QED) is 0.936. The number of benzene rings is 1. The number of hydrogen-bond acceptors (Lipinski definition) is 4. The van der Waals surface area contributed by atoms with Gasteiger partial charge in [0.25, 0.3) is 5.91 Å². The van der Waals surface area contributed by atoms with E-state index >= 15 is 0 Å². The van der Waals surface area contributed by atoms with Crippen LogP contribution in [0.25, 0.3) is 0 Å². The van der Waals surface area contributed by atoms with Crippen molar-refractivity contribution in [2.75, 3.05) is 6.79 Å². The summed E-state index contributed by atoms with van der Waals surface area (Å²) in [6.45, 7) is 2.18. The fraction of sp³-hybridized carbons (Fsp3) is 0.214. The van der Waals surface area contributed by atoms with Gasteiger partial charge in [0.15, 0.2) is 11.5 Å². The summed E-state index contributed by atoms with van der Waals surface area (Å²) in [7, 11) is 0. The summed E-state index contributed by atoms with van der Waals surface area (Å²) in [6.07, 6.45) is 0.